The van der Waals surface area contributed by atoms with Gasteiger partial charge in [0.05, 0.1) is 0 Å². The lowest BCUT2D eigenvalue weighted by Crippen LogP contribution is -2.51. The fourth-order valence-electron chi connectivity index (χ4n) is 3.22. The van der Waals surface area contributed by atoms with E-state index in [4.69, 9.17) is 0 Å². The van der Waals surface area contributed by atoms with E-state index in [1.807, 2.05) is 0 Å². The van der Waals surface area contributed by atoms with Crippen LogP contribution in [0.25, 0.3) is 0 Å². The molecule has 1 heterocycles. The highest BCUT2D eigenvalue weighted by Gasteiger charge is 2.36. The van der Waals surface area contributed by atoms with Crippen molar-refractivity contribution < 1.29 is 12.9 Å². The summed E-state index contributed by atoms with van der Waals surface area (Å²) in [5.74, 6) is 0.547. The predicted molar refractivity (Wildman–Crippen MR) is 55.6 cm³/mol. The molecule has 2 atom stereocenters. The van der Waals surface area contributed by atoms with Crippen molar-refractivity contribution in [1.82, 2.24) is 4.90 Å². The number of likely N-dealkylation sites (tertiary alicyclic amines) is 1. The molecule has 1 aliphatic heterocycles. The molecule has 0 spiro atoms. The van der Waals surface area contributed by atoms with Gasteiger partial charge in [0.1, 0.15) is 0 Å². The molecule has 0 radical (unpaired) electrons. The van der Waals surface area contributed by atoms with E-state index < -0.39 is 13.4 Å². The molecule has 0 amide bonds. The van der Waals surface area contributed by atoms with E-state index in [9.17, 15) is 12.9 Å². The van der Waals surface area contributed by atoms with Crippen molar-refractivity contribution in [3.8, 4) is 0 Å². The Bertz CT molecular complexity index is 217. The molecule has 0 aromatic heterocycles. The van der Waals surface area contributed by atoms with Crippen LogP contribution in [-0.4, -0.2) is 30.9 Å². The highest BCUT2D eigenvalue weighted by molar-refractivity contribution is 6.58. The van der Waals surface area contributed by atoms with Crippen LogP contribution in [0.15, 0.2) is 0 Å². The summed E-state index contributed by atoms with van der Waals surface area (Å²) >= 11 is 0. The normalized spacial score (nSPS) is 33.8. The fraction of sp³-hybridized carbons (Fsp3) is 1.00. The summed E-state index contributed by atoms with van der Waals surface area (Å²) in [7, 11) is 0. The molecule has 15 heavy (non-hydrogen) atoms. The quantitative estimate of drug-likeness (QED) is 0.646. The van der Waals surface area contributed by atoms with Crippen LogP contribution in [0.5, 0.6) is 0 Å². The Morgan fingerprint density at radius 2 is 1.67 bits per heavy atom. The first-order valence-electron chi connectivity index (χ1n) is 6.01. The average Bonchev–Trinajstić information content (AvgIpc) is 2.16. The molecule has 88 valence electrons. The van der Waals surface area contributed by atoms with Crippen molar-refractivity contribution in [2.24, 2.45) is 5.92 Å². The number of hydrogen-bond acceptors (Lipinski definition) is 1. The summed E-state index contributed by atoms with van der Waals surface area (Å²) < 4.78 is 37.3. The highest BCUT2D eigenvalue weighted by Crippen LogP contribution is 2.35. The van der Waals surface area contributed by atoms with Crippen molar-refractivity contribution in [2.75, 3.05) is 13.0 Å². The zero-order valence-corrected chi connectivity index (χ0v) is 8.97. The maximum Gasteiger partial charge on any atom is 0.492 e. The lowest BCUT2D eigenvalue weighted by molar-refractivity contribution is 0.0686. The molecule has 2 rings (SSSR count). The smallest absolute Gasteiger partial charge is 0.448 e. The maximum absolute atomic E-state index is 12.4. The van der Waals surface area contributed by atoms with E-state index in [2.05, 4.69) is 0 Å². The number of halogens is 3. The Kier molecular flexibility index (Phi) is 3.28. The van der Waals surface area contributed by atoms with Crippen LogP contribution >= 0.6 is 0 Å². The van der Waals surface area contributed by atoms with Gasteiger partial charge in [-0.1, -0.05) is 12.8 Å². The molecule has 1 aliphatic carbocycles. The van der Waals surface area contributed by atoms with Crippen molar-refractivity contribution in [2.45, 2.75) is 44.6 Å². The molecule has 5 heteroatoms. The number of fused-ring (bicyclic) bond motifs is 1. The van der Waals surface area contributed by atoms with Crippen LogP contribution in [0.2, 0.25) is 0 Å². The minimum atomic E-state index is -4.64. The second kappa shape index (κ2) is 4.36. The van der Waals surface area contributed by atoms with Gasteiger partial charge >= 0.3 is 6.98 Å². The largest absolute Gasteiger partial charge is 0.492 e. The zero-order valence-electron chi connectivity index (χ0n) is 8.97. The Balaban J connectivity index is 1.97. The summed E-state index contributed by atoms with van der Waals surface area (Å²) in [5.41, 5.74) is 0. The second-order valence-corrected chi connectivity index (χ2v) is 4.96. The van der Waals surface area contributed by atoms with Crippen LogP contribution < -0.4 is 0 Å². The molecule has 0 aromatic carbocycles. The van der Waals surface area contributed by atoms with E-state index in [1.165, 1.54) is 6.42 Å². The van der Waals surface area contributed by atoms with E-state index in [-0.39, 0.29) is 6.04 Å². The molecule has 0 N–H and O–H groups in total. The predicted octanol–water partition coefficient (Wildman–Crippen LogP) is 3.03. The van der Waals surface area contributed by atoms with Crippen molar-refractivity contribution in [3.63, 3.8) is 0 Å². The number of piperidine rings is 1. The van der Waals surface area contributed by atoms with E-state index in [0.717, 1.165) is 32.1 Å². The van der Waals surface area contributed by atoms with Gasteiger partial charge in [0.2, 0.25) is 0 Å². The number of hydrogen-bond donors (Lipinski definition) is 0. The highest BCUT2D eigenvalue weighted by atomic mass is 19.4. The molecular weight excluding hydrogens is 202 g/mol. The van der Waals surface area contributed by atoms with Crippen LogP contribution in [0.4, 0.5) is 12.9 Å². The topological polar surface area (TPSA) is 3.24 Å². The summed E-state index contributed by atoms with van der Waals surface area (Å²) in [4.78, 5) is 1.70. The van der Waals surface area contributed by atoms with Crippen molar-refractivity contribution >= 4 is 6.98 Å². The number of rotatable bonds is 2. The van der Waals surface area contributed by atoms with Gasteiger partial charge in [-0.15, -0.1) is 0 Å². The Morgan fingerprint density at radius 3 is 2.40 bits per heavy atom. The van der Waals surface area contributed by atoms with Gasteiger partial charge in [-0.2, -0.15) is 0 Å². The fourth-order valence-corrected chi connectivity index (χ4v) is 3.22. The Morgan fingerprint density at radius 1 is 1.00 bits per heavy atom. The van der Waals surface area contributed by atoms with Crippen molar-refractivity contribution in [3.05, 3.63) is 0 Å². The SMILES string of the molecule is F[B-](F)(F)CN1CCCC2CCCCC21. The molecule has 1 saturated heterocycles. The third-order valence-electron chi connectivity index (χ3n) is 3.80. The summed E-state index contributed by atoms with van der Waals surface area (Å²) in [6.07, 6.45) is 5.91. The molecular formula is C10H18BF3N-. The van der Waals surface area contributed by atoms with Crippen LogP contribution in [0, 0.1) is 5.92 Å². The van der Waals surface area contributed by atoms with Gasteiger partial charge in [0.15, 0.2) is 0 Å². The summed E-state index contributed by atoms with van der Waals surface area (Å²) in [6.45, 7) is -3.99. The van der Waals surface area contributed by atoms with E-state index in [0.29, 0.717) is 12.5 Å². The molecule has 2 aliphatic rings. The molecule has 0 bridgehead atoms. The minimum Gasteiger partial charge on any atom is -0.448 e. The third-order valence-corrected chi connectivity index (χ3v) is 3.80. The molecule has 0 aromatic rings. The first-order valence-corrected chi connectivity index (χ1v) is 6.01. The van der Waals surface area contributed by atoms with Gasteiger partial charge in [0.25, 0.3) is 0 Å². The van der Waals surface area contributed by atoms with E-state index in [1.54, 1.807) is 4.90 Å². The number of nitrogens with zero attached hydrogens (tertiary/aromatic N) is 1. The summed E-state index contributed by atoms with van der Waals surface area (Å²) in [5, 5.41) is 0. The third kappa shape index (κ3) is 2.89. The van der Waals surface area contributed by atoms with Gasteiger partial charge in [-0.05, 0) is 44.6 Å². The molecule has 1 nitrogen and oxygen atoms in total. The molecule has 2 fully saturated rings. The van der Waals surface area contributed by atoms with E-state index >= 15 is 0 Å². The maximum atomic E-state index is 12.4. The lowest BCUT2D eigenvalue weighted by atomic mass is 9.76. The second-order valence-electron chi connectivity index (χ2n) is 4.96. The van der Waals surface area contributed by atoms with Gasteiger partial charge < -0.3 is 17.8 Å². The molecule has 2 unspecified atom stereocenters. The van der Waals surface area contributed by atoms with Crippen LogP contribution in [0.3, 0.4) is 0 Å². The monoisotopic (exact) mass is 220 g/mol. The minimum absolute atomic E-state index is 0.232. The first kappa shape index (κ1) is 11.3. The standard InChI is InChI=1S/C10H18BF3N/c12-11(13,14)8-15-7-3-5-9-4-1-2-6-10(9)15/h9-10H,1-8H2/q-1. The first-order chi connectivity index (χ1) is 7.06. The van der Waals surface area contributed by atoms with Crippen LogP contribution in [-0.2, 0) is 0 Å². The van der Waals surface area contributed by atoms with Gasteiger partial charge in [-0.25, -0.2) is 0 Å². The molecule has 1 saturated carbocycles. The lowest BCUT2D eigenvalue weighted by Gasteiger charge is -2.46. The zero-order chi connectivity index (χ0) is 10.9. The summed E-state index contributed by atoms with van der Waals surface area (Å²) in [6, 6.07) is 0.232. The Hall–Kier alpha value is -0.185. The van der Waals surface area contributed by atoms with Gasteiger partial charge in [0, 0.05) is 6.04 Å². The van der Waals surface area contributed by atoms with Crippen molar-refractivity contribution in [1.29, 1.82) is 0 Å². The average molecular weight is 220 g/mol. The van der Waals surface area contributed by atoms with Crippen LogP contribution in [0.1, 0.15) is 38.5 Å². The Labute approximate surface area is 89.1 Å². The van der Waals surface area contributed by atoms with Gasteiger partial charge in [-0.3, -0.25) is 0 Å².